The smallest absolute Gasteiger partial charge is 0.387 e. The van der Waals surface area contributed by atoms with Gasteiger partial charge in [-0.15, -0.1) is 0 Å². The highest BCUT2D eigenvalue weighted by Crippen LogP contribution is 2.32. The topological polar surface area (TPSA) is 88.9 Å². The lowest BCUT2D eigenvalue weighted by atomic mass is 10.2. The number of amides is 3. The molecule has 0 saturated carbocycles. The maximum atomic E-state index is 12.4. The van der Waals surface area contributed by atoms with E-state index in [2.05, 4.69) is 10.1 Å². The van der Waals surface area contributed by atoms with Gasteiger partial charge in [0, 0.05) is 13.1 Å². The first-order chi connectivity index (χ1) is 13.8. The van der Waals surface area contributed by atoms with E-state index in [0.29, 0.717) is 5.56 Å². The normalized spacial score (nSPS) is 15.4. The summed E-state index contributed by atoms with van der Waals surface area (Å²) in [5.41, 5.74) is 0.542. The number of rotatable bonds is 7. The lowest BCUT2D eigenvalue weighted by molar-refractivity contribution is -0.122. The van der Waals surface area contributed by atoms with E-state index in [0.717, 1.165) is 16.7 Å². The minimum absolute atomic E-state index is 0.0150. The predicted molar refractivity (Wildman–Crippen MR) is 102 cm³/mol. The van der Waals surface area contributed by atoms with E-state index in [-0.39, 0.29) is 34.7 Å². The van der Waals surface area contributed by atoms with Crippen LogP contribution in [0.1, 0.15) is 16.1 Å². The molecule has 2 heterocycles. The van der Waals surface area contributed by atoms with E-state index in [9.17, 15) is 23.2 Å². The van der Waals surface area contributed by atoms with Crippen LogP contribution in [0.3, 0.4) is 0 Å². The van der Waals surface area contributed by atoms with Crippen LogP contribution >= 0.6 is 23.4 Å². The number of benzene rings is 1. The molecule has 152 valence electrons. The number of hydrogen-bond acceptors (Lipinski definition) is 6. The number of ether oxygens (including phenoxy) is 1. The third kappa shape index (κ3) is 5.36. The van der Waals surface area contributed by atoms with Crippen LogP contribution in [0.25, 0.3) is 6.08 Å². The fourth-order valence-electron chi connectivity index (χ4n) is 2.39. The molecule has 0 spiro atoms. The number of thioether (sulfide) groups is 1. The number of carbonyl (C=O) groups excluding carboxylic acids is 3. The molecule has 3 amide bonds. The van der Waals surface area contributed by atoms with Crippen molar-refractivity contribution in [1.82, 2.24) is 10.2 Å². The molecular formula is C18H13ClF2N2O5S. The second kappa shape index (κ2) is 9.10. The average Bonchev–Trinajstić information content (AvgIpc) is 3.21. The molecule has 11 heteroatoms. The van der Waals surface area contributed by atoms with Crippen molar-refractivity contribution >= 4 is 46.5 Å². The van der Waals surface area contributed by atoms with E-state index in [1.807, 2.05) is 0 Å². The number of furan rings is 1. The molecule has 0 atom stereocenters. The first-order valence-electron chi connectivity index (χ1n) is 8.17. The summed E-state index contributed by atoms with van der Waals surface area (Å²) in [6.07, 6.45) is 1.47. The van der Waals surface area contributed by atoms with Gasteiger partial charge in [0.2, 0.25) is 0 Å². The van der Waals surface area contributed by atoms with Crippen molar-refractivity contribution in [2.75, 3.05) is 13.1 Å². The molecule has 1 fully saturated rings. The number of alkyl halides is 2. The van der Waals surface area contributed by atoms with E-state index in [4.69, 9.17) is 16.0 Å². The van der Waals surface area contributed by atoms with Gasteiger partial charge in [0.1, 0.15) is 5.75 Å². The first-order valence-corrected chi connectivity index (χ1v) is 9.36. The fourth-order valence-corrected chi connectivity index (χ4v) is 3.41. The molecule has 1 aromatic heterocycles. The summed E-state index contributed by atoms with van der Waals surface area (Å²) in [6, 6.07) is 8.46. The highest BCUT2D eigenvalue weighted by Gasteiger charge is 2.34. The summed E-state index contributed by atoms with van der Waals surface area (Å²) in [6.45, 7) is -2.92. The number of nitrogens with one attached hydrogen (secondary N) is 1. The minimum atomic E-state index is -2.93. The number of imide groups is 1. The second-order valence-electron chi connectivity index (χ2n) is 5.64. The number of carbonyl (C=O) groups is 3. The van der Waals surface area contributed by atoms with Gasteiger partial charge in [-0.1, -0.05) is 12.1 Å². The Morgan fingerprint density at radius 3 is 2.59 bits per heavy atom. The number of hydrogen-bond donors (Lipinski definition) is 1. The molecule has 1 aromatic carbocycles. The van der Waals surface area contributed by atoms with Gasteiger partial charge < -0.3 is 14.5 Å². The molecule has 2 aromatic rings. The van der Waals surface area contributed by atoms with E-state index >= 15 is 0 Å². The zero-order valence-electron chi connectivity index (χ0n) is 14.6. The Kier molecular flexibility index (Phi) is 6.55. The molecule has 3 rings (SSSR count). The molecule has 7 nitrogen and oxygen atoms in total. The third-order valence-electron chi connectivity index (χ3n) is 3.69. The van der Waals surface area contributed by atoms with Crippen molar-refractivity contribution in [2.45, 2.75) is 6.61 Å². The predicted octanol–water partition coefficient (Wildman–Crippen LogP) is 4.00. The van der Waals surface area contributed by atoms with Gasteiger partial charge >= 0.3 is 6.61 Å². The Morgan fingerprint density at radius 1 is 1.24 bits per heavy atom. The lowest BCUT2D eigenvalue weighted by Gasteiger charge is -2.12. The van der Waals surface area contributed by atoms with Crippen molar-refractivity contribution in [1.29, 1.82) is 0 Å². The van der Waals surface area contributed by atoms with E-state index in [1.165, 1.54) is 42.5 Å². The highest BCUT2D eigenvalue weighted by molar-refractivity contribution is 8.18. The summed E-state index contributed by atoms with van der Waals surface area (Å²) in [7, 11) is 0. The zero-order chi connectivity index (χ0) is 21.0. The fraction of sp³-hybridized carbons (Fsp3) is 0.167. The van der Waals surface area contributed by atoms with Gasteiger partial charge in [-0.2, -0.15) is 8.78 Å². The maximum absolute atomic E-state index is 12.4. The van der Waals surface area contributed by atoms with Crippen molar-refractivity contribution in [3.8, 4) is 5.75 Å². The molecule has 1 saturated heterocycles. The summed E-state index contributed by atoms with van der Waals surface area (Å²) in [4.78, 5) is 37.6. The molecule has 1 N–H and O–H groups in total. The van der Waals surface area contributed by atoms with Gasteiger partial charge in [-0.05, 0) is 59.3 Å². The molecular weight excluding hydrogens is 430 g/mol. The van der Waals surface area contributed by atoms with Gasteiger partial charge in [0.25, 0.3) is 17.1 Å². The molecule has 0 unspecified atom stereocenters. The Hall–Kier alpha value is -2.85. The Bertz CT molecular complexity index is 961. The molecule has 0 bridgehead atoms. The third-order valence-corrected chi connectivity index (χ3v) is 4.81. The van der Waals surface area contributed by atoms with Gasteiger partial charge in [0.05, 0.1) is 4.91 Å². The molecule has 0 radical (unpaired) electrons. The van der Waals surface area contributed by atoms with E-state index < -0.39 is 23.7 Å². The summed E-state index contributed by atoms with van der Waals surface area (Å²) >= 11 is 6.35. The standard InChI is InChI=1S/C18H13ClF2N2O5S/c19-14-6-5-12(28-14)15(24)22-7-8-23-16(25)13(29-18(23)26)9-10-1-3-11(4-2-10)27-17(20)21/h1-6,9,17H,7-8H2,(H,22,24)/b13-9-. The Morgan fingerprint density at radius 2 is 1.97 bits per heavy atom. The lowest BCUT2D eigenvalue weighted by Crippen LogP contribution is -2.37. The highest BCUT2D eigenvalue weighted by atomic mass is 35.5. The largest absolute Gasteiger partial charge is 0.440 e. The van der Waals surface area contributed by atoms with Crippen LogP contribution in [-0.4, -0.2) is 41.7 Å². The molecule has 1 aliphatic heterocycles. The SMILES string of the molecule is O=C(NCCN1C(=O)S/C(=C\c2ccc(OC(F)F)cc2)C1=O)c1ccc(Cl)o1. The van der Waals surface area contributed by atoms with Crippen LogP contribution in [0.2, 0.25) is 5.22 Å². The molecule has 29 heavy (non-hydrogen) atoms. The van der Waals surface area contributed by atoms with Crippen LogP contribution in [0.5, 0.6) is 5.75 Å². The summed E-state index contributed by atoms with van der Waals surface area (Å²) in [5.74, 6) is -1.03. The second-order valence-corrected chi connectivity index (χ2v) is 7.01. The minimum Gasteiger partial charge on any atom is -0.440 e. The van der Waals surface area contributed by atoms with Crippen LogP contribution < -0.4 is 10.1 Å². The quantitative estimate of drug-likeness (QED) is 0.652. The van der Waals surface area contributed by atoms with Crippen molar-refractivity contribution in [3.05, 3.63) is 57.8 Å². The maximum Gasteiger partial charge on any atom is 0.387 e. The van der Waals surface area contributed by atoms with E-state index in [1.54, 1.807) is 0 Å². The molecule has 0 aliphatic carbocycles. The van der Waals surface area contributed by atoms with Gasteiger partial charge in [-0.3, -0.25) is 19.3 Å². The average molecular weight is 443 g/mol. The zero-order valence-corrected chi connectivity index (χ0v) is 16.1. The van der Waals surface area contributed by atoms with Crippen molar-refractivity contribution < 1.29 is 32.3 Å². The van der Waals surface area contributed by atoms with Crippen molar-refractivity contribution in [3.63, 3.8) is 0 Å². The summed E-state index contributed by atoms with van der Waals surface area (Å²) in [5, 5.41) is 2.12. The van der Waals surface area contributed by atoms with Crippen LogP contribution in [-0.2, 0) is 4.79 Å². The first kappa shape index (κ1) is 20.9. The number of halogens is 3. The number of nitrogens with zero attached hydrogens (tertiary/aromatic N) is 1. The van der Waals surface area contributed by atoms with Crippen molar-refractivity contribution in [2.24, 2.45) is 0 Å². The Labute approximate surface area is 172 Å². The van der Waals surface area contributed by atoms with Gasteiger partial charge in [-0.25, -0.2) is 0 Å². The Balaban J connectivity index is 1.57. The monoisotopic (exact) mass is 442 g/mol. The van der Waals surface area contributed by atoms with Gasteiger partial charge in [0.15, 0.2) is 11.0 Å². The van der Waals surface area contributed by atoms with Crippen LogP contribution in [0.4, 0.5) is 13.6 Å². The van der Waals surface area contributed by atoms with Crippen LogP contribution in [0.15, 0.2) is 45.7 Å². The summed E-state index contributed by atoms with van der Waals surface area (Å²) < 4.78 is 33.6. The molecule has 1 aliphatic rings. The van der Waals surface area contributed by atoms with Crippen LogP contribution in [0, 0.1) is 0 Å².